The average Bonchev–Trinajstić information content (AvgIpc) is 2.87. The zero-order valence-electron chi connectivity index (χ0n) is 14.3. The van der Waals surface area contributed by atoms with Crippen molar-refractivity contribution in [2.45, 2.75) is 19.9 Å². The number of hydrogen-bond donors (Lipinski definition) is 1. The van der Waals surface area contributed by atoms with Crippen LogP contribution in [0.2, 0.25) is 0 Å². The summed E-state index contributed by atoms with van der Waals surface area (Å²) < 4.78 is 5.25. The van der Waals surface area contributed by atoms with Gasteiger partial charge in [0.05, 0.1) is 18.7 Å². The molecule has 25 heavy (non-hydrogen) atoms. The van der Waals surface area contributed by atoms with Crippen molar-refractivity contribution in [3.8, 4) is 5.75 Å². The van der Waals surface area contributed by atoms with E-state index < -0.39 is 17.7 Å². The van der Waals surface area contributed by atoms with Gasteiger partial charge in [0, 0.05) is 5.69 Å². The summed E-state index contributed by atoms with van der Waals surface area (Å²) in [6.45, 7) is 3.30. The number of carbonyl (C=O) groups excluding carboxylic acids is 2. The van der Waals surface area contributed by atoms with Crippen LogP contribution in [0.15, 0.2) is 59.9 Å². The fraction of sp³-hybridized carbons (Fsp3) is 0.200. The number of ether oxygens (including phenoxy) is 1. The largest absolute Gasteiger partial charge is 0.503 e. The maximum atomic E-state index is 12.7. The summed E-state index contributed by atoms with van der Waals surface area (Å²) in [5.41, 5.74) is 2.46. The second-order valence-electron chi connectivity index (χ2n) is 6.01. The Hall–Kier alpha value is -3.08. The monoisotopic (exact) mass is 337 g/mol. The van der Waals surface area contributed by atoms with Crippen LogP contribution in [-0.4, -0.2) is 23.9 Å². The maximum absolute atomic E-state index is 12.7. The molecule has 3 rings (SSSR count). The van der Waals surface area contributed by atoms with Crippen LogP contribution < -0.4 is 9.64 Å². The molecular weight excluding hydrogens is 318 g/mol. The highest BCUT2D eigenvalue weighted by Gasteiger charge is 2.43. The lowest BCUT2D eigenvalue weighted by atomic mass is 9.96. The zero-order chi connectivity index (χ0) is 18.1. The molecule has 5 nitrogen and oxygen atoms in total. The Morgan fingerprint density at radius 2 is 1.84 bits per heavy atom. The van der Waals surface area contributed by atoms with E-state index in [9.17, 15) is 14.7 Å². The molecule has 0 fully saturated rings. The second kappa shape index (κ2) is 6.43. The molecule has 0 radical (unpaired) electrons. The van der Waals surface area contributed by atoms with Crippen LogP contribution in [0.3, 0.4) is 0 Å². The minimum absolute atomic E-state index is 0.0961. The first kappa shape index (κ1) is 16.8. The fourth-order valence-corrected chi connectivity index (χ4v) is 3.06. The highest BCUT2D eigenvalue weighted by atomic mass is 16.5. The Kier molecular flexibility index (Phi) is 4.31. The SMILES string of the molecule is COc1cccc(C2C(C(C)=O)=C(O)C(=O)N2c2ccc(C)cc2)c1. The first-order valence-corrected chi connectivity index (χ1v) is 7.92. The number of hydrogen-bond acceptors (Lipinski definition) is 4. The smallest absolute Gasteiger partial charge is 0.294 e. The lowest BCUT2D eigenvalue weighted by molar-refractivity contribution is -0.117. The van der Waals surface area contributed by atoms with E-state index in [1.54, 1.807) is 37.4 Å². The lowest BCUT2D eigenvalue weighted by Crippen LogP contribution is -2.30. The highest BCUT2D eigenvalue weighted by Crippen LogP contribution is 2.41. The van der Waals surface area contributed by atoms with E-state index in [1.165, 1.54) is 11.8 Å². The van der Waals surface area contributed by atoms with Crippen LogP contribution in [-0.2, 0) is 9.59 Å². The molecule has 0 saturated heterocycles. The predicted molar refractivity (Wildman–Crippen MR) is 94.7 cm³/mol. The summed E-state index contributed by atoms with van der Waals surface area (Å²) in [6, 6.07) is 13.8. The van der Waals surface area contributed by atoms with Crippen molar-refractivity contribution in [1.82, 2.24) is 0 Å². The fourth-order valence-electron chi connectivity index (χ4n) is 3.06. The summed E-state index contributed by atoms with van der Waals surface area (Å²) in [4.78, 5) is 26.3. The number of anilines is 1. The van der Waals surface area contributed by atoms with Crippen molar-refractivity contribution in [3.05, 3.63) is 71.0 Å². The van der Waals surface area contributed by atoms with Crippen molar-refractivity contribution in [1.29, 1.82) is 0 Å². The molecule has 0 aliphatic carbocycles. The Balaban J connectivity index is 2.17. The van der Waals surface area contributed by atoms with Gasteiger partial charge in [-0.05, 0) is 43.7 Å². The van der Waals surface area contributed by atoms with E-state index in [1.807, 2.05) is 25.1 Å². The van der Waals surface area contributed by atoms with Crippen LogP contribution in [0.1, 0.15) is 24.1 Å². The molecule has 0 saturated carbocycles. The molecule has 2 aromatic carbocycles. The molecule has 1 unspecified atom stereocenters. The molecule has 1 aliphatic heterocycles. The predicted octanol–water partition coefficient (Wildman–Crippen LogP) is 3.49. The second-order valence-corrected chi connectivity index (χ2v) is 6.01. The number of benzene rings is 2. The first-order valence-electron chi connectivity index (χ1n) is 7.92. The van der Waals surface area contributed by atoms with Gasteiger partial charge in [0.2, 0.25) is 0 Å². The van der Waals surface area contributed by atoms with Crippen molar-refractivity contribution in [2.75, 3.05) is 12.0 Å². The number of ketones is 1. The number of aliphatic hydroxyl groups is 1. The molecule has 1 aliphatic rings. The van der Waals surface area contributed by atoms with Crippen LogP contribution in [0.25, 0.3) is 0 Å². The van der Waals surface area contributed by atoms with Crippen molar-refractivity contribution < 1.29 is 19.4 Å². The minimum Gasteiger partial charge on any atom is -0.503 e. The van der Waals surface area contributed by atoms with Gasteiger partial charge < -0.3 is 9.84 Å². The Labute approximate surface area is 146 Å². The normalized spacial score (nSPS) is 17.2. The Morgan fingerprint density at radius 3 is 2.44 bits per heavy atom. The average molecular weight is 337 g/mol. The number of methoxy groups -OCH3 is 1. The van der Waals surface area contributed by atoms with Crippen molar-refractivity contribution in [2.24, 2.45) is 0 Å². The minimum atomic E-state index is -0.692. The molecular formula is C20H19NO4. The van der Waals surface area contributed by atoms with E-state index in [2.05, 4.69) is 0 Å². The molecule has 0 spiro atoms. The zero-order valence-corrected chi connectivity index (χ0v) is 14.3. The van der Waals surface area contributed by atoms with E-state index in [4.69, 9.17) is 4.74 Å². The van der Waals surface area contributed by atoms with E-state index in [-0.39, 0.29) is 11.4 Å². The number of aliphatic hydroxyl groups excluding tert-OH is 1. The molecule has 2 aromatic rings. The summed E-state index contributed by atoms with van der Waals surface area (Å²) in [6.07, 6.45) is 0. The number of rotatable bonds is 4. The third kappa shape index (κ3) is 2.89. The third-order valence-corrected chi connectivity index (χ3v) is 4.31. The van der Waals surface area contributed by atoms with Crippen LogP contribution in [0, 0.1) is 6.92 Å². The van der Waals surface area contributed by atoms with Crippen LogP contribution >= 0.6 is 0 Å². The quantitative estimate of drug-likeness (QED) is 0.927. The summed E-state index contributed by atoms with van der Waals surface area (Å²) >= 11 is 0. The van der Waals surface area contributed by atoms with Gasteiger partial charge in [-0.3, -0.25) is 14.5 Å². The Bertz CT molecular complexity index is 868. The highest BCUT2D eigenvalue weighted by molar-refractivity contribution is 6.16. The van der Waals surface area contributed by atoms with Crippen LogP contribution in [0.4, 0.5) is 5.69 Å². The molecule has 1 atom stereocenters. The summed E-state index contributed by atoms with van der Waals surface area (Å²) in [7, 11) is 1.55. The number of carbonyl (C=O) groups is 2. The topological polar surface area (TPSA) is 66.8 Å². The molecule has 0 bridgehead atoms. The molecule has 1 N–H and O–H groups in total. The number of Topliss-reactive ketones (excluding diaryl/α,β-unsaturated/α-hetero) is 1. The van der Waals surface area contributed by atoms with Gasteiger partial charge in [-0.15, -0.1) is 0 Å². The lowest BCUT2D eigenvalue weighted by Gasteiger charge is -2.27. The van der Waals surface area contributed by atoms with E-state index in [0.29, 0.717) is 17.0 Å². The molecule has 0 aromatic heterocycles. The molecule has 128 valence electrons. The number of nitrogens with zero attached hydrogens (tertiary/aromatic N) is 1. The number of amides is 1. The van der Waals surface area contributed by atoms with Gasteiger partial charge in [-0.25, -0.2) is 0 Å². The molecule has 5 heteroatoms. The van der Waals surface area contributed by atoms with Gasteiger partial charge in [0.15, 0.2) is 11.5 Å². The van der Waals surface area contributed by atoms with Crippen molar-refractivity contribution in [3.63, 3.8) is 0 Å². The molecule has 1 amide bonds. The third-order valence-electron chi connectivity index (χ3n) is 4.31. The maximum Gasteiger partial charge on any atom is 0.294 e. The van der Waals surface area contributed by atoms with Crippen LogP contribution in [0.5, 0.6) is 5.75 Å². The Morgan fingerprint density at radius 1 is 1.16 bits per heavy atom. The van der Waals surface area contributed by atoms with Gasteiger partial charge in [0.1, 0.15) is 5.75 Å². The summed E-state index contributed by atoms with van der Waals surface area (Å²) in [5.74, 6) is -0.806. The first-order chi connectivity index (χ1) is 11.9. The standard InChI is InChI=1S/C20H19NO4/c1-12-7-9-15(10-8-12)21-18(14-5-4-6-16(11-14)25-3)17(13(2)22)19(23)20(21)24/h4-11,18,23H,1-3H3. The van der Waals surface area contributed by atoms with Gasteiger partial charge in [0.25, 0.3) is 5.91 Å². The van der Waals surface area contributed by atoms with Gasteiger partial charge in [-0.1, -0.05) is 29.8 Å². The van der Waals surface area contributed by atoms with Gasteiger partial charge >= 0.3 is 0 Å². The van der Waals surface area contributed by atoms with Crippen molar-refractivity contribution >= 4 is 17.4 Å². The number of aryl methyl sites for hydroxylation is 1. The van der Waals surface area contributed by atoms with E-state index >= 15 is 0 Å². The molecule has 1 heterocycles. The van der Waals surface area contributed by atoms with E-state index in [0.717, 1.165) is 5.56 Å². The summed E-state index contributed by atoms with van der Waals surface area (Å²) in [5, 5.41) is 10.3. The van der Waals surface area contributed by atoms with Gasteiger partial charge in [-0.2, -0.15) is 0 Å².